The number of aryl methyl sites for hydroxylation is 2. The maximum Gasteiger partial charge on any atom is 0.417 e. The van der Waals surface area contributed by atoms with Gasteiger partial charge in [-0.2, -0.15) is 26.3 Å². The number of hydrogen-bond acceptors (Lipinski definition) is 16. The lowest BCUT2D eigenvalue weighted by atomic mass is 9.73. The Kier molecular flexibility index (Phi) is 34.2. The Bertz CT molecular complexity index is 3290. The van der Waals surface area contributed by atoms with E-state index in [1.54, 1.807) is 152 Å². The predicted molar refractivity (Wildman–Crippen MR) is 388 cm³/mol. The highest BCUT2D eigenvalue weighted by Crippen LogP contribution is 2.45. The first-order valence-electron chi connectivity index (χ1n) is 36.5. The first kappa shape index (κ1) is 97.4. The van der Waals surface area contributed by atoms with Gasteiger partial charge in [-0.05, 0) is 186 Å². The smallest absolute Gasteiger partial charge is 0.417 e. The number of esters is 5. The maximum atomic E-state index is 16.9. The summed E-state index contributed by atoms with van der Waals surface area (Å²) in [7, 11) is 0. The zero-order valence-corrected chi connectivity index (χ0v) is 68.0. The molecule has 0 aromatic heterocycles. The minimum Gasteiger partial charge on any atom is -0.462 e. The first-order chi connectivity index (χ1) is 47.6. The summed E-state index contributed by atoms with van der Waals surface area (Å²) in [5.74, 6) is -11.6. The lowest BCUT2D eigenvalue weighted by molar-refractivity contribution is -0.262. The number of alkyl halides is 8. The summed E-state index contributed by atoms with van der Waals surface area (Å²) in [6, 6.07) is 11.6. The lowest BCUT2D eigenvalue weighted by Gasteiger charge is -2.41. The van der Waals surface area contributed by atoms with E-state index in [0.717, 1.165) is 27.9 Å². The second-order valence-electron chi connectivity index (χ2n) is 34.3. The predicted octanol–water partition coefficient (Wildman–Crippen LogP) is 17.6. The summed E-state index contributed by atoms with van der Waals surface area (Å²) in [6.07, 6.45) is -19.5. The fourth-order valence-electron chi connectivity index (χ4n) is 11.1. The number of imide groups is 2. The van der Waals surface area contributed by atoms with E-state index in [1.165, 1.54) is 34.6 Å². The minimum absolute atomic E-state index is 0.0288. The number of carbonyl (C=O) groups is 9. The van der Waals surface area contributed by atoms with Gasteiger partial charge in [-0.25, -0.2) is 18.4 Å². The maximum absolute atomic E-state index is 16.9. The largest absolute Gasteiger partial charge is 0.462 e. The number of amides is 4. The van der Waals surface area contributed by atoms with Crippen LogP contribution in [0.2, 0.25) is 0 Å². The summed E-state index contributed by atoms with van der Waals surface area (Å²) in [6.45, 7) is 43.3. The molecule has 0 aliphatic carbocycles. The summed E-state index contributed by atoms with van der Waals surface area (Å²) in [5, 5.41) is 20.3. The number of ether oxygens (including phenoxy) is 5. The van der Waals surface area contributed by atoms with Crippen LogP contribution in [0.5, 0.6) is 0 Å². The lowest BCUT2D eigenvalue weighted by Crippen LogP contribution is -2.51. The third-order valence-electron chi connectivity index (χ3n) is 20.2. The molecule has 0 bridgehead atoms. The van der Waals surface area contributed by atoms with E-state index < -0.39 is 202 Å². The molecular weight excluding hydrogens is 1400 g/mol. The summed E-state index contributed by atoms with van der Waals surface area (Å²) in [5.41, 5.74) is -16.7. The van der Waals surface area contributed by atoms with E-state index in [1.807, 2.05) is 34.6 Å². The molecule has 2 N–H and O–H groups in total. The Hall–Kier alpha value is -6.57. The van der Waals surface area contributed by atoms with Gasteiger partial charge in [-0.1, -0.05) is 118 Å². The molecule has 10 unspecified atom stereocenters. The van der Waals surface area contributed by atoms with Crippen molar-refractivity contribution in [3.05, 3.63) is 70.8 Å². The van der Waals surface area contributed by atoms with Crippen molar-refractivity contribution < 1.29 is 112 Å². The molecule has 18 nitrogen and oxygen atoms in total. The zero-order chi connectivity index (χ0) is 83.2. The van der Waals surface area contributed by atoms with Gasteiger partial charge in [0.05, 0.1) is 16.7 Å². The number of nitrogens with zero attached hydrogens (tertiary/aromatic N) is 2. The van der Waals surface area contributed by atoms with Crippen molar-refractivity contribution in [3.8, 4) is 0 Å². The van der Waals surface area contributed by atoms with Crippen molar-refractivity contribution in [2.24, 2.45) is 39.4 Å². The number of halogens is 8. The van der Waals surface area contributed by atoms with Gasteiger partial charge in [0.2, 0.25) is 17.2 Å². The molecule has 10 atom stereocenters. The number of benzene rings is 2. The molecule has 2 aromatic carbocycles. The van der Waals surface area contributed by atoms with E-state index in [2.05, 4.69) is 0 Å². The van der Waals surface area contributed by atoms with Crippen LogP contribution in [0.15, 0.2) is 48.5 Å². The summed E-state index contributed by atoms with van der Waals surface area (Å²) < 4.78 is 143. The highest BCUT2D eigenvalue weighted by Gasteiger charge is 2.56. The van der Waals surface area contributed by atoms with Crippen LogP contribution < -0.4 is 0 Å². The molecule has 0 aliphatic rings. The van der Waals surface area contributed by atoms with Crippen LogP contribution >= 0.6 is 0 Å². The van der Waals surface area contributed by atoms with Gasteiger partial charge in [0, 0.05) is 65.6 Å². The van der Waals surface area contributed by atoms with E-state index in [-0.39, 0.29) is 49.1 Å². The standard InChI is InChI=1S/C42H65F4NO9.C38H59F4NO7/c1-16-29(34(50)55-31(21-25(2)3)23-41(15,53)42(44,45)46)22-39(13,24-40(14,43)36(52)56-38(11,12)37(8,9)10)35(51)54-28(7)32(48)47(26(4)5)33(49)30-19-17-27(6)18-20-30;1-14-16-28(23-36(13,48)38(40,41)42)49-32(47)37(39,15-2)22-27(21-34(9,10)31(46)50-35(11,12)33(6,7)8)30(45)43(24(3)4)29(44)26-19-17-25(5)18-20-26/h17-20,25-26,28-29,31,53H,16,21-24H2,1-15H3;17-20,24,27-28,48H,14-16,21-23H2,1-13H3. The molecule has 2 aromatic rings. The third kappa shape index (κ3) is 27.2. The topological polar surface area (TPSA) is 247 Å². The van der Waals surface area contributed by atoms with Crippen molar-refractivity contribution in [2.75, 3.05) is 0 Å². The molecular formula is C80H124F8N2O16. The van der Waals surface area contributed by atoms with E-state index >= 15 is 8.78 Å². The Morgan fingerprint density at radius 3 is 1.22 bits per heavy atom. The average Bonchev–Trinajstić information content (AvgIpc) is 0.790. The fourth-order valence-corrected chi connectivity index (χ4v) is 11.1. The summed E-state index contributed by atoms with van der Waals surface area (Å²) in [4.78, 5) is 126. The van der Waals surface area contributed by atoms with Gasteiger partial charge in [-0.15, -0.1) is 0 Å². The van der Waals surface area contributed by atoms with Crippen LogP contribution in [0.1, 0.15) is 282 Å². The molecule has 0 fully saturated rings. The third-order valence-corrected chi connectivity index (χ3v) is 20.2. The molecule has 0 saturated carbocycles. The Morgan fingerprint density at radius 1 is 0.462 bits per heavy atom. The highest BCUT2D eigenvalue weighted by atomic mass is 19.4. The van der Waals surface area contributed by atoms with Crippen LogP contribution in [0.4, 0.5) is 35.1 Å². The van der Waals surface area contributed by atoms with Crippen molar-refractivity contribution in [2.45, 2.75) is 341 Å². The molecule has 0 heterocycles. The highest BCUT2D eigenvalue weighted by molar-refractivity contribution is 6.07. The van der Waals surface area contributed by atoms with Gasteiger partial charge in [-0.3, -0.25) is 43.4 Å². The van der Waals surface area contributed by atoms with Crippen LogP contribution in [0, 0.1) is 53.3 Å². The van der Waals surface area contributed by atoms with Crippen molar-refractivity contribution in [1.82, 2.24) is 9.80 Å². The second kappa shape index (κ2) is 37.2. The fraction of sp³-hybridized carbons (Fsp3) is 0.738. The van der Waals surface area contributed by atoms with Crippen molar-refractivity contribution in [3.63, 3.8) is 0 Å². The van der Waals surface area contributed by atoms with Crippen molar-refractivity contribution >= 4 is 53.5 Å². The molecule has 4 amide bonds. The van der Waals surface area contributed by atoms with Crippen LogP contribution in [0.3, 0.4) is 0 Å². The number of carbonyl (C=O) groups excluding carboxylic acids is 9. The SMILES string of the molecule is CCC(CC(C)(CC(C)(F)C(=O)OC(C)(C)C(C)(C)C)C(=O)OC(C)C(=O)N(C(=O)c1ccc(C)cc1)C(C)C)C(=O)OC(CC(C)C)CC(C)(O)C(F)(F)F.CCCC(CC(C)(O)C(F)(F)F)OC(=O)C(F)(CC)CC(CC(C)(C)C(=O)OC(C)(C)C(C)(C)C)C(=O)N(C(=O)c1ccc(C)cc1)C(C)C. The number of hydrogen-bond donors (Lipinski definition) is 2. The minimum atomic E-state index is -5.04. The molecule has 0 spiro atoms. The monoisotopic (exact) mass is 1520 g/mol. The van der Waals surface area contributed by atoms with Gasteiger partial charge < -0.3 is 33.9 Å². The van der Waals surface area contributed by atoms with Gasteiger partial charge >= 0.3 is 42.2 Å². The number of rotatable bonds is 34. The zero-order valence-electron chi connectivity index (χ0n) is 68.0. The van der Waals surface area contributed by atoms with Crippen LogP contribution in [-0.2, 0) is 57.2 Å². The quantitative estimate of drug-likeness (QED) is 0.0376. The molecule has 0 saturated heterocycles. The van der Waals surface area contributed by atoms with Crippen molar-refractivity contribution in [1.29, 1.82) is 0 Å². The van der Waals surface area contributed by atoms with Gasteiger partial charge in [0.15, 0.2) is 17.3 Å². The Balaban J connectivity index is 0.00000107. The molecule has 2 rings (SSSR count). The van der Waals surface area contributed by atoms with E-state index in [9.17, 15) is 79.7 Å². The normalized spacial score (nSPS) is 17.0. The molecule has 26 heteroatoms. The Labute approximate surface area is 624 Å². The van der Waals surface area contributed by atoms with Gasteiger partial charge in [0.1, 0.15) is 23.4 Å². The molecule has 0 aliphatic heterocycles. The number of aliphatic hydroxyl groups is 2. The van der Waals surface area contributed by atoms with E-state index in [4.69, 9.17) is 23.7 Å². The van der Waals surface area contributed by atoms with Crippen LogP contribution in [0.25, 0.3) is 0 Å². The average molecular weight is 1520 g/mol. The van der Waals surface area contributed by atoms with E-state index in [0.29, 0.717) is 13.8 Å². The Morgan fingerprint density at radius 2 is 0.858 bits per heavy atom. The molecule has 106 heavy (non-hydrogen) atoms. The second-order valence-corrected chi connectivity index (χ2v) is 34.3. The summed E-state index contributed by atoms with van der Waals surface area (Å²) >= 11 is 0. The first-order valence-corrected chi connectivity index (χ1v) is 36.5. The van der Waals surface area contributed by atoms with Gasteiger partial charge in [0.25, 0.3) is 17.7 Å². The molecule has 0 radical (unpaired) electrons. The van der Waals surface area contributed by atoms with Crippen LogP contribution in [-0.4, -0.2) is 150 Å². The molecule has 606 valence electrons.